The molecule has 2 rings (SSSR count). The van der Waals surface area contributed by atoms with E-state index in [9.17, 15) is 0 Å². The molecule has 0 radical (unpaired) electrons. The summed E-state index contributed by atoms with van der Waals surface area (Å²) in [5.74, 6) is 0.551. The van der Waals surface area contributed by atoms with Gasteiger partial charge in [-0.05, 0) is 45.1 Å². The van der Waals surface area contributed by atoms with Crippen LogP contribution in [0.25, 0.3) is 0 Å². The van der Waals surface area contributed by atoms with Crippen molar-refractivity contribution >= 4 is 18.2 Å². The van der Waals surface area contributed by atoms with E-state index in [1.165, 1.54) is 0 Å². The fourth-order valence-electron chi connectivity index (χ4n) is 1.53. The molecule has 0 spiro atoms. The highest BCUT2D eigenvalue weighted by Crippen LogP contribution is 2.09. The molecule has 6 heteroatoms. The molecule has 2 heterocycles. The monoisotopic (exact) mass is 275 g/mol. The molecule has 0 unspecified atom stereocenters. The van der Waals surface area contributed by atoms with Crippen molar-refractivity contribution < 1.29 is 0 Å². The van der Waals surface area contributed by atoms with Gasteiger partial charge in [-0.3, -0.25) is 4.98 Å². The predicted molar refractivity (Wildman–Crippen MR) is 77.6 cm³/mol. The van der Waals surface area contributed by atoms with E-state index in [1.807, 2.05) is 39.0 Å². The van der Waals surface area contributed by atoms with Gasteiger partial charge in [-0.25, -0.2) is 4.98 Å². The Morgan fingerprint density at radius 1 is 1.26 bits per heavy atom. The minimum atomic E-state index is -0.0884. The fraction of sp³-hybridized carbons (Fsp3) is 0.385. The Kier molecular flexibility index (Phi) is 3.90. The van der Waals surface area contributed by atoms with Crippen LogP contribution in [0.1, 0.15) is 26.5 Å². The molecule has 0 atom stereocenters. The van der Waals surface area contributed by atoms with Gasteiger partial charge in [-0.15, -0.1) is 0 Å². The minimum Gasteiger partial charge on any atom is -0.350 e. The zero-order valence-corrected chi connectivity index (χ0v) is 12.1. The van der Waals surface area contributed by atoms with Gasteiger partial charge in [0.15, 0.2) is 0 Å². The lowest BCUT2D eigenvalue weighted by Gasteiger charge is -2.20. The lowest BCUT2D eigenvalue weighted by molar-refractivity contribution is 0.618. The second kappa shape index (κ2) is 5.44. The van der Waals surface area contributed by atoms with Crippen molar-refractivity contribution in [2.75, 3.05) is 5.32 Å². The van der Waals surface area contributed by atoms with E-state index in [1.54, 1.807) is 17.1 Å². The highest BCUT2D eigenvalue weighted by Gasteiger charge is 2.11. The van der Waals surface area contributed by atoms with E-state index in [0.717, 1.165) is 5.69 Å². The van der Waals surface area contributed by atoms with Crippen molar-refractivity contribution in [3.8, 4) is 0 Å². The Morgan fingerprint density at radius 2 is 2.05 bits per heavy atom. The van der Waals surface area contributed by atoms with Crippen LogP contribution in [0.4, 0.5) is 5.95 Å². The van der Waals surface area contributed by atoms with Gasteiger partial charge in [0.2, 0.25) is 10.7 Å². The van der Waals surface area contributed by atoms with Crippen LogP contribution in [0, 0.1) is 4.77 Å². The molecule has 0 amide bonds. The summed E-state index contributed by atoms with van der Waals surface area (Å²) >= 11 is 5.27. The summed E-state index contributed by atoms with van der Waals surface area (Å²) in [6, 6.07) is 5.78. The topological polar surface area (TPSA) is 55.6 Å². The summed E-state index contributed by atoms with van der Waals surface area (Å²) in [6.45, 7) is 6.73. The molecule has 100 valence electrons. The molecule has 0 aliphatic heterocycles. The molecule has 0 aliphatic rings. The van der Waals surface area contributed by atoms with E-state index in [4.69, 9.17) is 12.2 Å². The molecule has 5 nitrogen and oxygen atoms in total. The Bertz CT molecular complexity index is 600. The van der Waals surface area contributed by atoms with Gasteiger partial charge in [-0.1, -0.05) is 6.07 Å². The van der Waals surface area contributed by atoms with Crippen LogP contribution >= 0.6 is 12.2 Å². The molecule has 0 saturated carbocycles. The highest BCUT2D eigenvalue weighted by molar-refractivity contribution is 7.71. The molecule has 2 aromatic rings. The van der Waals surface area contributed by atoms with Gasteiger partial charge >= 0.3 is 0 Å². The third-order valence-electron chi connectivity index (χ3n) is 2.31. The van der Waals surface area contributed by atoms with Crippen LogP contribution < -0.4 is 5.32 Å². The molecule has 0 aromatic carbocycles. The van der Waals surface area contributed by atoms with Gasteiger partial charge < -0.3 is 9.88 Å². The molecule has 19 heavy (non-hydrogen) atoms. The first-order valence-corrected chi connectivity index (χ1v) is 6.46. The molecular weight excluding hydrogens is 258 g/mol. The molecule has 2 aromatic heterocycles. The summed E-state index contributed by atoms with van der Waals surface area (Å²) in [5.41, 5.74) is 0.841. The Labute approximate surface area is 117 Å². The first kappa shape index (κ1) is 13.6. The molecule has 0 bridgehead atoms. The van der Waals surface area contributed by atoms with Crippen LogP contribution in [-0.2, 0) is 6.54 Å². The van der Waals surface area contributed by atoms with E-state index in [0.29, 0.717) is 17.3 Å². The summed E-state index contributed by atoms with van der Waals surface area (Å²) in [6.07, 6.45) is 3.45. The van der Waals surface area contributed by atoms with Crippen LogP contribution in [0.15, 0.2) is 30.7 Å². The number of rotatable bonds is 3. The molecule has 0 fully saturated rings. The maximum absolute atomic E-state index is 5.27. The van der Waals surface area contributed by atoms with Crippen LogP contribution in [0.2, 0.25) is 0 Å². The lowest BCUT2D eigenvalue weighted by Crippen LogP contribution is -2.27. The largest absolute Gasteiger partial charge is 0.350 e. The van der Waals surface area contributed by atoms with E-state index >= 15 is 0 Å². The van der Waals surface area contributed by atoms with Crippen molar-refractivity contribution in [2.24, 2.45) is 0 Å². The van der Waals surface area contributed by atoms with E-state index in [-0.39, 0.29) is 5.54 Å². The number of anilines is 1. The van der Waals surface area contributed by atoms with Crippen molar-refractivity contribution in [2.45, 2.75) is 32.9 Å². The number of pyridine rings is 1. The van der Waals surface area contributed by atoms with Crippen molar-refractivity contribution in [3.05, 3.63) is 41.2 Å². The number of aromatic nitrogens is 4. The fourth-order valence-corrected chi connectivity index (χ4v) is 1.73. The third kappa shape index (κ3) is 4.10. The summed E-state index contributed by atoms with van der Waals surface area (Å²) < 4.78 is 2.29. The van der Waals surface area contributed by atoms with Gasteiger partial charge in [0.25, 0.3) is 0 Å². The quantitative estimate of drug-likeness (QED) is 0.873. The van der Waals surface area contributed by atoms with E-state index < -0.39 is 0 Å². The van der Waals surface area contributed by atoms with Crippen molar-refractivity contribution in [3.63, 3.8) is 0 Å². The van der Waals surface area contributed by atoms with E-state index in [2.05, 4.69) is 20.3 Å². The molecular formula is C13H17N5S. The Balaban J connectivity index is 2.18. The zero-order chi connectivity index (χ0) is 13.9. The molecule has 0 saturated heterocycles. The van der Waals surface area contributed by atoms with Crippen LogP contribution in [0.5, 0.6) is 0 Å². The molecule has 1 N–H and O–H groups in total. The standard InChI is InChI=1S/C13H17N5S/c1-13(2,3)17-11-15-9-18(12(19)16-11)8-10-6-4-5-7-14-10/h4-7,9H,8H2,1-3H3,(H,16,17,19). The van der Waals surface area contributed by atoms with Gasteiger partial charge in [-0.2, -0.15) is 4.98 Å². The van der Waals surface area contributed by atoms with Gasteiger partial charge in [0.05, 0.1) is 12.2 Å². The minimum absolute atomic E-state index is 0.0884. The summed E-state index contributed by atoms with van der Waals surface area (Å²) in [5, 5.41) is 3.20. The third-order valence-corrected chi connectivity index (χ3v) is 2.64. The summed E-state index contributed by atoms with van der Waals surface area (Å²) in [7, 11) is 0. The normalized spacial score (nSPS) is 11.3. The highest BCUT2D eigenvalue weighted by atomic mass is 32.1. The SMILES string of the molecule is CC(C)(C)Nc1ncn(Cc2ccccn2)c(=S)n1. The smallest absolute Gasteiger partial charge is 0.227 e. The maximum Gasteiger partial charge on any atom is 0.227 e. The Hall–Kier alpha value is -1.82. The van der Waals surface area contributed by atoms with Crippen molar-refractivity contribution in [1.82, 2.24) is 19.5 Å². The van der Waals surface area contributed by atoms with Gasteiger partial charge in [0, 0.05) is 11.7 Å². The van der Waals surface area contributed by atoms with Crippen LogP contribution in [-0.4, -0.2) is 25.1 Å². The second-order valence-corrected chi connectivity index (χ2v) is 5.65. The Morgan fingerprint density at radius 3 is 2.63 bits per heavy atom. The number of nitrogens with one attached hydrogen (secondary N) is 1. The first-order valence-electron chi connectivity index (χ1n) is 6.06. The number of hydrogen-bond acceptors (Lipinski definition) is 5. The zero-order valence-electron chi connectivity index (χ0n) is 11.3. The maximum atomic E-state index is 5.27. The van der Waals surface area contributed by atoms with Crippen LogP contribution in [0.3, 0.4) is 0 Å². The lowest BCUT2D eigenvalue weighted by atomic mass is 10.1. The van der Waals surface area contributed by atoms with Gasteiger partial charge in [0.1, 0.15) is 6.33 Å². The van der Waals surface area contributed by atoms with Crippen molar-refractivity contribution in [1.29, 1.82) is 0 Å². The average Bonchev–Trinajstić information content (AvgIpc) is 2.32. The first-order chi connectivity index (χ1) is 8.94. The second-order valence-electron chi connectivity index (χ2n) is 5.29. The number of nitrogens with zero attached hydrogens (tertiary/aromatic N) is 4. The number of hydrogen-bond donors (Lipinski definition) is 1. The summed E-state index contributed by atoms with van der Waals surface area (Å²) in [4.78, 5) is 12.8. The average molecular weight is 275 g/mol. The molecule has 0 aliphatic carbocycles. The predicted octanol–water partition coefficient (Wildman–Crippen LogP) is 2.66.